The third-order valence-corrected chi connectivity index (χ3v) is 3.72. The molecule has 0 radical (unpaired) electrons. The van der Waals surface area contributed by atoms with Crippen molar-refractivity contribution in [1.82, 2.24) is 0 Å². The van der Waals surface area contributed by atoms with E-state index in [1.54, 1.807) is 0 Å². The first kappa shape index (κ1) is 11.4. The number of ketones is 1. The van der Waals surface area contributed by atoms with E-state index in [-0.39, 0.29) is 6.10 Å². The second-order valence-electron chi connectivity index (χ2n) is 4.89. The van der Waals surface area contributed by atoms with Crippen LogP contribution in [-0.2, 0) is 9.53 Å². The van der Waals surface area contributed by atoms with Gasteiger partial charge in [0.1, 0.15) is 11.9 Å². The summed E-state index contributed by atoms with van der Waals surface area (Å²) >= 11 is 0. The van der Waals surface area contributed by atoms with E-state index in [4.69, 9.17) is 4.74 Å². The van der Waals surface area contributed by atoms with E-state index < -0.39 is 0 Å². The zero-order valence-electron chi connectivity index (χ0n) is 10.4. The van der Waals surface area contributed by atoms with E-state index >= 15 is 0 Å². The first-order valence-corrected chi connectivity index (χ1v) is 6.19. The topological polar surface area (TPSA) is 26.3 Å². The molecule has 2 aliphatic rings. The van der Waals surface area contributed by atoms with Crippen LogP contribution in [0, 0.1) is 5.92 Å². The molecule has 0 spiro atoms. The molecule has 1 aliphatic heterocycles. The third kappa shape index (κ3) is 1.93. The minimum absolute atomic E-state index is 0.185. The van der Waals surface area contributed by atoms with Gasteiger partial charge in [0, 0.05) is 18.4 Å². The highest BCUT2D eigenvalue weighted by atomic mass is 16.5. The molecular weight excluding hydrogens is 200 g/mol. The van der Waals surface area contributed by atoms with Crippen molar-refractivity contribution >= 4 is 5.78 Å². The maximum atomic E-state index is 11.8. The van der Waals surface area contributed by atoms with Crippen molar-refractivity contribution in [2.45, 2.75) is 52.6 Å². The zero-order chi connectivity index (χ0) is 11.7. The number of carbonyl (C=O) groups excluding carboxylic acids is 1. The van der Waals surface area contributed by atoms with Gasteiger partial charge >= 0.3 is 0 Å². The van der Waals surface area contributed by atoms with Crippen molar-refractivity contribution in [3.8, 4) is 0 Å². The third-order valence-electron chi connectivity index (χ3n) is 3.72. The standard InChI is InChI=1S/C14H20O2/c1-4-9(2)13-8-10(3)14-11(15)6-5-7-12(14)16-13/h4,10,13H,5-8H2,1-3H3. The van der Waals surface area contributed by atoms with Gasteiger partial charge in [-0.15, -0.1) is 0 Å². The molecule has 1 heterocycles. The van der Waals surface area contributed by atoms with Gasteiger partial charge in [0.05, 0.1) is 0 Å². The molecule has 0 amide bonds. The summed E-state index contributed by atoms with van der Waals surface area (Å²) in [6.45, 7) is 6.30. The van der Waals surface area contributed by atoms with Crippen molar-refractivity contribution in [3.05, 3.63) is 23.0 Å². The molecule has 2 rings (SSSR count). The summed E-state index contributed by atoms with van der Waals surface area (Å²) in [6.07, 6.45) is 5.84. The lowest BCUT2D eigenvalue weighted by Gasteiger charge is -2.34. The average molecular weight is 220 g/mol. The van der Waals surface area contributed by atoms with Crippen molar-refractivity contribution in [1.29, 1.82) is 0 Å². The van der Waals surface area contributed by atoms with Gasteiger partial charge in [0.15, 0.2) is 5.78 Å². The van der Waals surface area contributed by atoms with Gasteiger partial charge in [-0.1, -0.05) is 13.0 Å². The van der Waals surface area contributed by atoms with Crippen LogP contribution < -0.4 is 0 Å². The van der Waals surface area contributed by atoms with Crippen molar-refractivity contribution in [3.63, 3.8) is 0 Å². The maximum absolute atomic E-state index is 11.8. The van der Waals surface area contributed by atoms with Crippen LogP contribution >= 0.6 is 0 Å². The number of hydrogen-bond donors (Lipinski definition) is 0. The van der Waals surface area contributed by atoms with Crippen molar-refractivity contribution < 1.29 is 9.53 Å². The van der Waals surface area contributed by atoms with Crippen LogP contribution in [0.1, 0.15) is 46.5 Å². The van der Waals surface area contributed by atoms with Gasteiger partial charge in [0.25, 0.3) is 0 Å². The molecule has 0 N–H and O–H groups in total. The van der Waals surface area contributed by atoms with Crippen molar-refractivity contribution in [2.75, 3.05) is 0 Å². The molecule has 0 aromatic carbocycles. The summed E-state index contributed by atoms with van der Waals surface area (Å²) in [5.41, 5.74) is 2.25. The average Bonchev–Trinajstić information content (AvgIpc) is 2.27. The fourth-order valence-corrected chi connectivity index (χ4v) is 2.63. The molecule has 1 aliphatic carbocycles. The monoisotopic (exact) mass is 220 g/mol. The first-order valence-electron chi connectivity index (χ1n) is 6.19. The summed E-state index contributed by atoms with van der Waals surface area (Å²) in [5, 5.41) is 0. The Morgan fingerprint density at radius 1 is 1.44 bits per heavy atom. The van der Waals surface area contributed by atoms with Crippen LogP contribution in [0.15, 0.2) is 23.0 Å². The van der Waals surface area contributed by atoms with Crippen LogP contribution in [0.3, 0.4) is 0 Å². The molecule has 0 fully saturated rings. The molecule has 2 unspecified atom stereocenters. The predicted octanol–water partition coefficient (Wildman–Crippen LogP) is 3.38. The number of Topliss-reactive ketones (excluding diaryl/α,β-unsaturated/α-hetero) is 1. The van der Waals surface area contributed by atoms with Gasteiger partial charge in [-0.05, 0) is 38.2 Å². The molecule has 88 valence electrons. The quantitative estimate of drug-likeness (QED) is 0.633. The summed E-state index contributed by atoms with van der Waals surface area (Å²) in [7, 11) is 0. The Bertz CT molecular complexity index is 363. The molecule has 0 bridgehead atoms. The van der Waals surface area contributed by atoms with Gasteiger partial charge in [-0.2, -0.15) is 0 Å². The summed E-state index contributed by atoms with van der Waals surface area (Å²) in [5.74, 6) is 1.64. The van der Waals surface area contributed by atoms with E-state index in [1.807, 2.05) is 6.92 Å². The minimum Gasteiger partial charge on any atom is -0.490 e. The van der Waals surface area contributed by atoms with E-state index in [0.717, 1.165) is 30.6 Å². The molecule has 2 atom stereocenters. The molecule has 2 heteroatoms. The normalized spacial score (nSPS) is 31.2. The molecular formula is C14H20O2. The van der Waals surface area contributed by atoms with E-state index in [0.29, 0.717) is 18.1 Å². The zero-order valence-corrected chi connectivity index (χ0v) is 10.4. The highest BCUT2D eigenvalue weighted by Gasteiger charge is 2.33. The highest BCUT2D eigenvalue weighted by Crippen LogP contribution is 2.37. The molecule has 16 heavy (non-hydrogen) atoms. The van der Waals surface area contributed by atoms with Gasteiger partial charge in [0.2, 0.25) is 0 Å². The van der Waals surface area contributed by atoms with Crippen LogP contribution in [0.4, 0.5) is 0 Å². The van der Waals surface area contributed by atoms with E-state index in [1.165, 1.54) is 5.57 Å². The number of ether oxygens (including phenoxy) is 1. The maximum Gasteiger partial charge on any atom is 0.162 e. The van der Waals surface area contributed by atoms with E-state index in [2.05, 4.69) is 19.9 Å². The Hall–Kier alpha value is -1.05. The Balaban J connectivity index is 2.27. The summed E-state index contributed by atoms with van der Waals surface area (Å²) in [6, 6.07) is 0. The number of allylic oxidation sites excluding steroid dienone is 3. The predicted molar refractivity (Wildman–Crippen MR) is 64.0 cm³/mol. The lowest BCUT2D eigenvalue weighted by molar-refractivity contribution is -0.117. The minimum atomic E-state index is 0.185. The smallest absolute Gasteiger partial charge is 0.162 e. The second kappa shape index (κ2) is 4.44. The van der Waals surface area contributed by atoms with Crippen LogP contribution in [0.2, 0.25) is 0 Å². The second-order valence-corrected chi connectivity index (χ2v) is 4.89. The Morgan fingerprint density at radius 2 is 2.19 bits per heavy atom. The fraction of sp³-hybridized carbons (Fsp3) is 0.643. The van der Waals surface area contributed by atoms with Crippen LogP contribution in [0.25, 0.3) is 0 Å². The first-order chi connectivity index (χ1) is 7.63. The van der Waals surface area contributed by atoms with Gasteiger partial charge in [-0.3, -0.25) is 4.79 Å². The van der Waals surface area contributed by atoms with E-state index in [9.17, 15) is 4.79 Å². The molecule has 0 aromatic heterocycles. The number of rotatable bonds is 1. The molecule has 2 nitrogen and oxygen atoms in total. The van der Waals surface area contributed by atoms with Crippen LogP contribution in [0.5, 0.6) is 0 Å². The Labute approximate surface area is 97.4 Å². The highest BCUT2D eigenvalue weighted by molar-refractivity contribution is 5.97. The Morgan fingerprint density at radius 3 is 2.88 bits per heavy atom. The molecule has 0 saturated heterocycles. The van der Waals surface area contributed by atoms with Crippen LogP contribution in [-0.4, -0.2) is 11.9 Å². The van der Waals surface area contributed by atoms with Gasteiger partial charge < -0.3 is 4.74 Å². The lowest BCUT2D eigenvalue weighted by atomic mass is 9.82. The summed E-state index contributed by atoms with van der Waals surface area (Å²) < 4.78 is 5.97. The Kier molecular flexibility index (Phi) is 3.17. The fourth-order valence-electron chi connectivity index (χ4n) is 2.63. The number of hydrogen-bond acceptors (Lipinski definition) is 2. The van der Waals surface area contributed by atoms with Gasteiger partial charge in [-0.25, -0.2) is 0 Å². The number of carbonyl (C=O) groups is 1. The largest absolute Gasteiger partial charge is 0.490 e. The summed E-state index contributed by atoms with van der Waals surface area (Å²) in [4.78, 5) is 11.8. The molecule has 0 saturated carbocycles. The SMILES string of the molecule is CC=C(C)C1CC(C)C2=C(CCCC2=O)O1. The molecule has 0 aromatic rings. The lowest BCUT2D eigenvalue weighted by Crippen LogP contribution is -2.30. The van der Waals surface area contributed by atoms with Crippen molar-refractivity contribution in [2.24, 2.45) is 5.92 Å².